The Morgan fingerprint density at radius 1 is 1.14 bits per heavy atom. The maximum atomic E-state index is 12.7. The molecule has 1 aliphatic heterocycles. The molecule has 0 saturated heterocycles. The first-order valence-corrected chi connectivity index (χ1v) is 10.4. The number of methoxy groups -OCH3 is 1. The van der Waals surface area contributed by atoms with Gasteiger partial charge in [0.15, 0.2) is 0 Å². The van der Waals surface area contributed by atoms with Gasteiger partial charge in [0.1, 0.15) is 17.3 Å². The van der Waals surface area contributed by atoms with Gasteiger partial charge in [0.2, 0.25) is 0 Å². The van der Waals surface area contributed by atoms with Crippen LogP contribution in [0.1, 0.15) is 79.6 Å². The summed E-state index contributed by atoms with van der Waals surface area (Å²) in [6.07, 6.45) is 9.09. The molecule has 1 heterocycles. The van der Waals surface area contributed by atoms with Crippen LogP contribution in [0.25, 0.3) is 0 Å². The average molecular weight is 396 g/mol. The molecule has 6 nitrogen and oxygen atoms in total. The standard InChI is InChI=1S/C22H37NO5/c1-7-9-10-11-12-17-15-16(19(18(24)8-2)20(25)27-6)13-14-23(17)21(26)28-22(3,4)5/h13-14,16-17,19H,7-12,15H2,1-6H3/t16-,17+,19?/m0/s1. The maximum absolute atomic E-state index is 12.7. The van der Waals surface area contributed by atoms with E-state index in [1.54, 1.807) is 24.1 Å². The Kier molecular flexibility index (Phi) is 9.70. The van der Waals surface area contributed by atoms with E-state index < -0.39 is 17.5 Å². The molecule has 1 amide bonds. The largest absolute Gasteiger partial charge is 0.468 e. The van der Waals surface area contributed by atoms with Crippen LogP contribution in [0.2, 0.25) is 0 Å². The third kappa shape index (κ3) is 7.28. The minimum absolute atomic E-state index is 0.0986. The summed E-state index contributed by atoms with van der Waals surface area (Å²) in [6.45, 7) is 9.42. The van der Waals surface area contributed by atoms with E-state index in [9.17, 15) is 14.4 Å². The first kappa shape index (κ1) is 24.2. The summed E-state index contributed by atoms with van der Waals surface area (Å²) in [4.78, 5) is 38.9. The zero-order valence-corrected chi connectivity index (χ0v) is 18.3. The van der Waals surface area contributed by atoms with Crippen LogP contribution in [0.15, 0.2) is 12.3 Å². The first-order chi connectivity index (χ1) is 13.1. The number of Topliss-reactive ketones (excluding diaryl/α,β-unsaturated/α-hetero) is 1. The summed E-state index contributed by atoms with van der Waals surface area (Å²) >= 11 is 0. The van der Waals surface area contributed by atoms with E-state index in [0.717, 1.165) is 32.1 Å². The Labute approximate surface area is 169 Å². The molecule has 1 aliphatic rings. The van der Waals surface area contributed by atoms with Crippen LogP contribution in [0.3, 0.4) is 0 Å². The lowest BCUT2D eigenvalue weighted by Crippen LogP contribution is -2.45. The molecule has 0 aliphatic carbocycles. The minimum Gasteiger partial charge on any atom is -0.468 e. The van der Waals surface area contributed by atoms with Crippen molar-refractivity contribution in [2.75, 3.05) is 7.11 Å². The highest BCUT2D eigenvalue weighted by Gasteiger charge is 2.39. The summed E-state index contributed by atoms with van der Waals surface area (Å²) in [7, 11) is 1.31. The molecule has 0 radical (unpaired) electrons. The predicted octanol–water partition coefficient (Wildman–Crippen LogP) is 4.86. The number of esters is 1. The Morgan fingerprint density at radius 3 is 2.36 bits per heavy atom. The van der Waals surface area contributed by atoms with Crippen LogP contribution >= 0.6 is 0 Å². The van der Waals surface area contributed by atoms with E-state index >= 15 is 0 Å². The summed E-state index contributed by atoms with van der Waals surface area (Å²) in [6, 6.07) is -0.0986. The van der Waals surface area contributed by atoms with Crippen molar-refractivity contribution in [2.24, 2.45) is 11.8 Å². The van der Waals surface area contributed by atoms with Crippen LogP contribution in [0, 0.1) is 11.8 Å². The Bertz CT molecular complexity index is 548. The van der Waals surface area contributed by atoms with E-state index in [-0.39, 0.29) is 30.3 Å². The van der Waals surface area contributed by atoms with Crippen LogP contribution < -0.4 is 0 Å². The van der Waals surface area contributed by atoms with Gasteiger partial charge in [-0.1, -0.05) is 45.6 Å². The van der Waals surface area contributed by atoms with Crippen LogP contribution in [0.5, 0.6) is 0 Å². The van der Waals surface area contributed by atoms with Crippen molar-refractivity contribution in [3.63, 3.8) is 0 Å². The number of rotatable bonds is 9. The SMILES string of the molecule is CCCCCC[C@@H]1C[C@@H](C(C(=O)CC)C(=O)OC)C=CN1C(=O)OC(C)(C)C. The normalized spacial score (nSPS) is 20.6. The second-order valence-corrected chi connectivity index (χ2v) is 8.45. The van der Waals surface area contributed by atoms with Gasteiger partial charge in [0, 0.05) is 24.6 Å². The summed E-state index contributed by atoms with van der Waals surface area (Å²) in [5.74, 6) is -1.71. The molecule has 0 aromatic carbocycles. The molecule has 160 valence electrons. The Balaban J connectivity index is 3.03. The smallest absolute Gasteiger partial charge is 0.414 e. The molecule has 28 heavy (non-hydrogen) atoms. The molecule has 1 unspecified atom stereocenters. The fraction of sp³-hybridized carbons (Fsp3) is 0.773. The maximum Gasteiger partial charge on any atom is 0.414 e. The van der Waals surface area contributed by atoms with Crippen molar-refractivity contribution in [1.29, 1.82) is 0 Å². The van der Waals surface area contributed by atoms with Gasteiger partial charge in [-0.25, -0.2) is 4.79 Å². The van der Waals surface area contributed by atoms with E-state index in [2.05, 4.69) is 6.92 Å². The lowest BCUT2D eigenvalue weighted by molar-refractivity contribution is -0.151. The van der Waals surface area contributed by atoms with Crippen molar-refractivity contribution in [2.45, 2.75) is 91.2 Å². The third-order valence-corrected chi connectivity index (χ3v) is 5.01. The van der Waals surface area contributed by atoms with Crippen molar-refractivity contribution in [1.82, 2.24) is 4.90 Å². The lowest BCUT2D eigenvalue weighted by atomic mass is 9.80. The van der Waals surface area contributed by atoms with Gasteiger partial charge in [0.25, 0.3) is 0 Å². The molecular formula is C22H37NO5. The molecule has 6 heteroatoms. The minimum atomic E-state index is -0.815. The topological polar surface area (TPSA) is 72.9 Å². The number of hydrogen-bond acceptors (Lipinski definition) is 5. The molecule has 0 fully saturated rings. The second-order valence-electron chi connectivity index (χ2n) is 8.45. The Morgan fingerprint density at radius 2 is 1.82 bits per heavy atom. The number of carbonyl (C=O) groups is 3. The number of carbonyl (C=O) groups excluding carboxylic acids is 3. The summed E-state index contributed by atoms with van der Waals surface area (Å²) < 4.78 is 10.4. The first-order valence-electron chi connectivity index (χ1n) is 10.4. The van der Waals surface area contributed by atoms with Crippen molar-refractivity contribution >= 4 is 17.8 Å². The van der Waals surface area contributed by atoms with Crippen LogP contribution in [-0.4, -0.2) is 41.5 Å². The molecule has 0 aromatic heterocycles. The monoisotopic (exact) mass is 395 g/mol. The fourth-order valence-electron chi connectivity index (χ4n) is 3.56. The number of allylic oxidation sites excluding steroid dienone is 1. The highest BCUT2D eigenvalue weighted by molar-refractivity contribution is 5.99. The number of ketones is 1. The summed E-state index contributed by atoms with van der Waals surface area (Å²) in [5, 5.41) is 0. The second kappa shape index (κ2) is 11.2. The summed E-state index contributed by atoms with van der Waals surface area (Å²) in [5.41, 5.74) is -0.582. The van der Waals surface area contributed by atoms with Crippen molar-refractivity contribution in [3.8, 4) is 0 Å². The Hall–Kier alpha value is -1.85. The number of unbranched alkanes of at least 4 members (excludes halogenated alkanes) is 3. The van der Waals surface area contributed by atoms with Gasteiger partial charge in [-0.2, -0.15) is 0 Å². The molecule has 0 saturated carbocycles. The molecule has 1 rings (SSSR count). The van der Waals surface area contributed by atoms with Crippen molar-refractivity contribution in [3.05, 3.63) is 12.3 Å². The number of hydrogen-bond donors (Lipinski definition) is 0. The zero-order chi connectivity index (χ0) is 21.3. The molecule has 0 N–H and O–H groups in total. The van der Waals surface area contributed by atoms with Crippen LogP contribution in [0.4, 0.5) is 4.79 Å². The predicted molar refractivity (Wildman–Crippen MR) is 109 cm³/mol. The number of amides is 1. The van der Waals surface area contributed by atoms with E-state index in [4.69, 9.17) is 9.47 Å². The van der Waals surface area contributed by atoms with Gasteiger partial charge >= 0.3 is 12.1 Å². The van der Waals surface area contributed by atoms with E-state index in [0.29, 0.717) is 6.42 Å². The molecule has 0 spiro atoms. The molecule has 0 aromatic rings. The lowest BCUT2D eigenvalue weighted by Gasteiger charge is -2.37. The van der Waals surface area contributed by atoms with Gasteiger partial charge in [0.05, 0.1) is 7.11 Å². The quantitative estimate of drug-likeness (QED) is 0.316. The zero-order valence-electron chi connectivity index (χ0n) is 18.3. The van der Waals surface area contributed by atoms with Gasteiger partial charge in [-0.3, -0.25) is 14.5 Å². The molecular weight excluding hydrogens is 358 g/mol. The number of ether oxygens (including phenoxy) is 2. The van der Waals surface area contributed by atoms with Gasteiger partial charge in [-0.05, 0) is 33.6 Å². The van der Waals surface area contributed by atoms with E-state index in [1.165, 1.54) is 7.11 Å². The van der Waals surface area contributed by atoms with Crippen LogP contribution in [-0.2, 0) is 19.1 Å². The van der Waals surface area contributed by atoms with Crippen molar-refractivity contribution < 1.29 is 23.9 Å². The molecule has 3 atom stereocenters. The highest BCUT2D eigenvalue weighted by atomic mass is 16.6. The van der Waals surface area contributed by atoms with Gasteiger partial charge < -0.3 is 9.47 Å². The van der Waals surface area contributed by atoms with E-state index in [1.807, 2.05) is 20.8 Å². The van der Waals surface area contributed by atoms with Gasteiger partial charge in [-0.15, -0.1) is 0 Å². The number of nitrogens with zero attached hydrogens (tertiary/aromatic N) is 1. The average Bonchev–Trinajstić information content (AvgIpc) is 2.63. The third-order valence-electron chi connectivity index (χ3n) is 5.01. The highest BCUT2D eigenvalue weighted by Crippen LogP contribution is 2.32. The fourth-order valence-corrected chi connectivity index (χ4v) is 3.56. The molecule has 0 bridgehead atoms.